The van der Waals surface area contributed by atoms with Gasteiger partial charge >= 0.3 is 13.8 Å². The zero-order valence-electron chi connectivity index (χ0n) is 54.0. The second-order valence-corrected chi connectivity index (χ2v) is 25.8. The van der Waals surface area contributed by atoms with E-state index in [0.717, 1.165) is 77.0 Å². The van der Waals surface area contributed by atoms with Crippen molar-refractivity contribution in [3.63, 3.8) is 0 Å². The molecular formula is C71H132N2O7P+. The molecule has 0 rings (SSSR count). The maximum Gasteiger partial charge on any atom is 0.472 e. The summed E-state index contributed by atoms with van der Waals surface area (Å²) in [6.45, 7) is 6.99. The number of phosphoric ester groups is 1. The Labute approximate surface area is 502 Å². The van der Waals surface area contributed by atoms with Crippen LogP contribution in [0.1, 0.15) is 316 Å². The van der Waals surface area contributed by atoms with Crippen molar-refractivity contribution < 1.29 is 37.3 Å². The van der Waals surface area contributed by atoms with E-state index in [9.17, 15) is 19.0 Å². The molecule has 0 fully saturated rings. The van der Waals surface area contributed by atoms with Crippen LogP contribution in [0.25, 0.3) is 0 Å². The lowest BCUT2D eigenvalue weighted by atomic mass is 10.0. The standard InChI is InChI=1S/C71H131N2O7P/c1-7-10-13-16-19-22-25-28-30-32-34-35-36-37-39-40-42-45-48-51-54-57-60-63-70(74)72-68(67-79-81(76,77)78-66-65-73(4,5)6)69(62-59-56-53-50-47-44-27-24-21-18-15-12-9-3)80-71(75)64-61-58-55-52-49-46-43-41-38-33-31-29-26-23-20-17-14-11-8-2/h19-20,22-23,28-31,34-35,59,62,68-69H,7-18,21,24-27,32-33,36-58,60-61,63-67H2,1-6H3,(H-,72,74,76,77)/p+1/b22-19-,23-20-,30-28-,31-29-,35-34-,62-59-. The Morgan fingerprint density at radius 1 is 0.432 bits per heavy atom. The van der Waals surface area contributed by atoms with Crippen LogP contribution in [-0.2, 0) is 27.9 Å². The fourth-order valence-corrected chi connectivity index (χ4v) is 10.5. The van der Waals surface area contributed by atoms with E-state index in [1.165, 1.54) is 205 Å². The number of allylic oxidation sites excluding steroid dienone is 11. The molecule has 0 aliphatic heterocycles. The molecular weight excluding hydrogens is 1020 g/mol. The summed E-state index contributed by atoms with van der Waals surface area (Å²) in [7, 11) is 1.49. The molecule has 0 aliphatic rings. The molecule has 472 valence electrons. The highest BCUT2D eigenvalue weighted by molar-refractivity contribution is 7.47. The van der Waals surface area contributed by atoms with E-state index >= 15 is 0 Å². The summed E-state index contributed by atoms with van der Waals surface area (Å²) in [5.41, 5.74) is 0. The topological polar surface area (TPSA) is 111 Å². The monoisotopic (exact) mass is 1160 g/mol. The van der Waals surface area contributed by atoms with E-state index in [2.05, 4.69) is 86.8 Å². The number of quaternary nitrogens is 1. The molecule has 0 radical (unpaired) electrons. The Morgan fingerprint density at radius 3 is 1.15 bits per heavy atom. The first-order valence-electron chi connectivity index (χ1n) is 34.3. The van der Waals surface area contributed by atoms with E-state index in [1.54, 1.807) is 0 Å². The normalized spacial score (nSPS) is 14.0. The number of nitrogens with one attached hydrogen (secondary N) is 1. The predicted molar refractivity (Wildman–Crippen MR) is 351 cm³/mol. The Hall–Kier alpha value is -2.55. The van der Waals surface area contributed by atoms with Crippen LogP contribution >= 0.6 is 7.82 Å². The highest BCUT2D eigenvalue weighted by atomic mass is 31.2. The molecule has 0 spiro atoms. The number of rotatable bonds is 62. The molecule has 81 heavy (non-hydrogen) atoms. The van der Waals surface area contributed by atoms with Crippen molar-refractivity contribution in [2.45, 2.75) is 328 Å². The van der Waals surface area contributed by atoms with Gasteiger partial charge in [0.15, 0.2) is 0 Å². The molecule has 0 aromatic rings. The van der Waals surface area contributed by atoms with Gasteiger partial charge in [0, 0.05) is 12.8 Å². The molecule has 10 heteroatoms. The first-order valence-corrected chi connectivity index (χ1v) is 35.8. The second-order valence-electron chi connectivity index (χ2n) is 24.3. The minimum Gasteiger partial charge on any atom is -0.456 e. The van der Waals surface area contributed by atoms with Gasteiger partial charge in [-0.3, -0.25) is 18.6 Å². The number of likely N-dealkylation sites (N-methyl/N-ethyl adjacent to an activating group) is 1. The minimum absolute atomic E-state index is 0.0372. The van der Waals surface area contributed by atoms with Crippen LogP contribution in [0, 0.1) is 0 Å². The fourth-order valence-electron chi connectivity index (χ4n) is 9.80. The van der Waals surface area contributed by atoms with Gasteiger partial charge in [-0.2, -0.15) is 0 Å². The summed E-state index contributed by atoms with van der Waals surface area (Å²) in [5.74, 6) is -0.507. The van der Waals surface area contributed by atoms with Crippen LogP contribution in [0.4, 0.5) is 0 Å². The first kappa shape index (κ1) is 78.5. The number of carbonyl (C=O) groups is 2. The molecule has 0 bridgehead atoms. The summed E-state index contributed by atoms with van der Waals surface area (Å²) in [5, 5.41) is 3.07. The van der Waals surface area contributed by atoms with Crippen molar-refractivity contribution in [2.24, 2.45) is 0 Å². The number of phosphoric acid groups is 1. The Bertz CT molecular complexity index is 1620. The van der Waals surface area contributed by atoms with E-state index in [0.29, 0.717) is 17.4 Å². The molecule has 1 amide bonds. The van der Waals surface area contributed by atoms with Crippen molar-refractivity contribution in [3.8, 4) is 0 Å². The summed E-state index contributed by atoms with van der Waals surface area (Å²) in [4.78, 5) is 37.9. The maximum absolute atomic E-state index is 13.6. The molecule has 0 heterocycles. The average molecular weight is 1160 g/mol. The fraction of sp³-hybridized carbons (Fsp3) is 0.803. The van der Waals surface area contributed by atoms with Crippen LogP contribution in [0.2, 0.25) is 0 Å². The third-order valence-electron chi connectivity index (χ3n) is 15.1. The van der Waals surface area contributed by atoms with Crippen LogP contribution < -0.4 is 5.32 Å². The smallest absolute Gasteiger partial charge is 0.456 e. The predicted octanol–water partition coefficient (Wildman–Crippen LogP) is 21.6. The Kier molecular flexibility index (Phi) is 58.7. The number of hydrogen-bond donors (Lipinski definition) is 2. The highest BCUT2D eigenvalue weighted by Crippen LogP contribution is 2.43. The van der Waals surface area contributed by atoms with E-state index < -0.39 is 20.0 Å². The molecule has 3 atom stereocenters. The minimum atomic E-state index is -4.46. The summed E-state index contributed by atoms with van der Waals surface area (Å²) in [6, 6.07) is -0.855. The van der Waals surface area contributed by atoms with Gasteiger partial charge < -0.3 is 19.4 Å². The van der Waals surface area contributed by atoms with E-state index in [-0.39, 0.29) is 31.5 Å². The quantitative estimate of drug-likeness (QED) is 0.0205. The molecule has 3 unspecified atom stereocenters. The van der Waals surface area contributed by atoms with Crippen molar-refractivity contribution in [3.05, 3.63) is 72.9 Å². The molecule has 2 N–H and O–H groups in total. The summed E-state index contributed by atoms with van der Waals surface area (Å²) in [6.07, 6.45) is 78.9. The number of unbranched alkanes of at least 4 members (excludes halogenated alkanes) is 36. The van der Waals surface area contributed by atoms with Crippen LogP contribution in [0.3, 0.4) is 0 Å². The van der Waals surface area contributed by atoms with E-state index in [1.807, 2.05) is 33.3 Å². The van der Waals surface area contributed by atoms with Crippen molar-refractivity contribution in [1.29, 1.82) is 0 Å². The van der Waals surface area contributed by atoms with Gasteiger partial charge in [-0.15, -0.1) is 0 Å². The zero-order valence-corrected chi connectivity index (χ0v) is 54.9. The molecule has 0 saturated carbocycles. The Balaban J connectivity index is 5.17. The average Bonchev–Trinajstić information content (AvgIpc) is 3.44. The van der Waals surface area contributed by atoms with Crippen molar-refractivity contribution in [1.82, 2.24) is 5.32 Å². The SMILES string of the molecule is CCCCC/C=C\C/C=C\C/C=C\CCCCCCCCCCCCC(=O)NC(COP(=O)(O)OCC[N+](C)(C)C)C(/C=C\CCCCCCCCCCCCC)OC(=O)CCCCCCCCCCC/C=C\C/C=C\CCCCC. The largest absolute Gasteiger partial charge is 0.472 e. The summed E-state index contributed by atoms with van der Waals surface area (Å²) < 4.78 is 30.8. The van der Waals surface area contributed by atoms with Crippen LogP contribution in [0.5, 0.6) is 0 Å². The van der Waals surface area contributed by atoms with Gasteiger partial charge in [0.25, 0.3) is 0 Å². The van der Waals surface area contributed by atoms with Gasteiger partial charge in [-0.1, -0.05) is 274 Å². The molecule has 0 aromatic carbocycles. The van der Waals surface area contributed by atoms with Gasteiger partial charge in [0.2, 0.25) is 5.91 Å². The molecule has 0 aliphatic carbocycles. The number of esters is 1. The lowest BCUT2D eigenvalue weighted by Crippen LogP contribution is -2.47. The lowest BCUT2D eigenvalue weighted by Gasteiger charge is -2.27. The van der Waals surface area contributed by atoms with Crippen molar-refractivity contribution >= 4 is 19.7 Å². The van der Waals surface area contributed by atoms with Gasteiger partial charge in [0.05, 0.1) is 33.8 Å². The third kappa shape index (κ3) is 61.8. The van der Waals surface area contributed by atoms with E-state index in [4.69, 9.17) is 13.8 Å². The van der Waals surface area contributed by atoms with Crippen LogP contribution in [0.15, 0.2) is 72.9 Å². The number of ether oxygens (including phenoxy) is 1. The highest BCUT2D eigenvalue weighted by Gasteiger charge is 2.30. The number of nitrogens with zero attached hydrogens (tertiary/aromatic N) is 1. The van der Waals surface area contributed by atoms with Crippen molar-refractivity contribution in [2.75, 3.05) is 40.9 Å². The van der Waals surface area contributed by atoms with Gasteiger partial charge in [0.1, 0.15) is 19.3 Å². The first-order chi connectivity index (χ1) is 39.4. The number of amides is 1. The van der Waals surface area contributed by atoms with Gasteiger partial charge in [-0.25, -0.2) is 4.57 Å². The van der Waals surface area contributed by atoms with Crippen LogP contribution in [-0.4, -0.2) is 74.3 Å². The molecule has 0 aromatic heterocycles. The Morgan fingerprint density at radius 2 is 0.753 bits per heavy atom. The maximum atomic E-state index is 13.6. The summed E-state index contributed by atoms with van der Waals surface area (Å²) >= 11 is 0. The molecule has 0 saturated heterocycles. The van der Waals surface area contributed by atoms with Gasteiger partial charge in [-0.05, 0) is 102 Å². The number of hydrogen-bond acceptors (Lipinski definition) is 6. The third-order valence-corrected chi connectivity index (χ3v) is 16.1. The molecule has 9 nitrogen and oxygen atoms in total. The second kappa shape index (κ2) is 60.6. The number of carbonyl (C=O) groups excluding carboxylic acids is 2. The zero-order chi connectivity index (χ0) is 59.3. The lowest BCUT2D eigenvalue weighted by molar-refractivity contribution is -0.870.